The molecule has 2 rings (SSSR count). The van der Waals surface area contributed by atoms with Gasteiger partial charge >= 0.3 is 5.97 Å². The Morgan fingerprint density at radius 1 is 1.39 bits per heavy atom. The molecule has 5 nitrogen and oxygen atoms in total. The molecule has 0 aliphatic rings. The lowest BCUT2D eigenvalue weighted by Crippen LogP contribution is -2.21. The molecule has 2 aromatic rings. The zero-order chi connectivity index (χ0) is 17.0. The molecule has 0 radical (unpaired) electrons. The number of hydrogen-bond acceptors (Lipinski definition) is 4. The Labute approximate surface area is 137 Å². The SMILES string of the molecule is CCOC(=O)c1cn(CCCCN)c2cc(Cl)c(F)cc2c1=O. The van der Waals surface area contributed by atoms with E-state index in [4.69, 9.17) is 22.1 Å². The molecule has 0 bridgehead atoms. The number of aromatic nitrogens is 1. The first kappa shape index (κ1) is 17.4. The second-order valence-corrected chi connectivity index (χ2v) is 5.47. The third-order valence-electron chi connectivity index (χ3n) is 3.47. The van der Waals surface area contributed by atoms with Crippen LogP contribution in [-0.4, -0.2) is 23.7 Å². The molecule has 2 N–H and O–H groups in total. The maximum atomic E-state index is 13.7. The molecule has 1 aromatic carbocycles. The molecule has 0 saturated carbocycles. The van der Waals surface area contributed by atoms with Crippen molar-refractivity contribution in [3.05, 3.63) is 45.0 Å². The molecule has 0 aliphatic heterocycles. The minimum atomic E-state index is -0.720. The highest BCUT2D eigenvalue weighted by Crippen LogP contribution is 2.22. The van der Waals surface area contributed by atoms with Crippen molar-refractivity contribution in [1.82, 2.24) is 4.57 Å². The van der Waals surface area contributed by atoms with Crippen molar-refractivity contribution in [2.75, 3.05) is 13.2 Å². The largest absolute Gasteiger partial charge is 0.462 e. The Balaban J connectivity index is 2.65. The van der Waals surface area contributed by atoms with E-state index in [0.29, 0.717) is 18.6 Å². The summed E-state index contributed by atoms with van der Waals surface area (Å²) in [6.45, 7) is 2.87. The summed E-state index contributed by atoms with van der Waals surface area (Å²) >= 11 is 5.82. The summed E-state index contributed by atoms with van der Waals surface area (Å²) in [7, 11) is 0. The van der Waals surface area contributed by atoms with Crippen LogP contribution in [-0.2, 0) is 11.3 Å². The number of carbonyl (C=O) groups excluding carboxylic acids is 1. The van der Waals surface area contributed by atoms with Gasteiger partial charge in [-0.1, -0.05) is 11.6 Å². The lowest BCUT2D eigenvalue weighted by atomic mass is 10.1. The molecule has 1 heterocycles. The maximum Gasteiger partial charge on any atom is 0.343 e. The fraction of sp³-hybridized carbons (Fsp3) is 0.375. The van der Waals surface area contributed by atoms with E-state index in [2.05, 4.69) is 0 Å². The van der Waals surface area contributed by atoms with Crippen molar-refractivity contribution in [3.63, 3.8) is 0 Å². The van der Waals surface area contributed by atoms with Crippen molar-refractivity contribution in [3.8, 4) is 0 Å². The minimum absolute atomic E-state index is 0.0756. The second kappa shape index (κ2) is 7.57. The number of nitrogens with two attached hydrogens (primary N) is 1. The second-order valence-electron chi connectivity index (χ2n) is 5.07. The molecule has 0 spiro atoms. The summed E-state index contributed by atoms with van der Waals surface area (Å²) in [5.74, 6) is -1.42. The molecule has 124 valence electrons. The van der Waals surface area contributed by atoms with Crippen LogP contribution in [0.15, 0.2) is 23.1 Å². The van der Waals surface area contributed by atoms with Crippen LogP contribution in [0.2, 0.25) is 5.02 Å². The Kier molecular flexibility index (Phi) is 5.74. The Hall–Kier alpha value is -1.92. The van der Waals surface area contributed by atoms with Crippen molar-refractivity contribution in [2.45, 2.75) is 26.3 Å². The van der Waals surface area contributed by atoms with Crippen LogP contribution in [0.4, 0.5) is 4.39 Å². The van der Waals surface area contributed by atoms with Gasteiger partial charge in [-0.25, -0.2) is 9.18 Å². The summed E-state index contributed by atoms with van der Waals surface area (Å²) in [6.07, 6.45) is 2.98. The number of aryl methyl sites for hydroxylation is 1. The summed E-state index contributed by atoms with van der Waals surface area (Å²) in [5, 5.41) is 0.0264. The van der Waals surface area contributed by atoms with E-state index >= 15 is 0 Å². The number of rotatable bonds is 6. The molecule has 0 fully saturated rings. The zero-order valence-corrected chi connectivity index (χ0v) is 13.5. The van der Waals surface area contributed by atoms with E-state index in [9.17, 15) is 14.0 Å². The van der Waals surface area contributed by atoms with E-state index in [-0.39, 0.29) is 22.6 Å². The molecule has 0 unspecified atom stereocenters. The minimum Gasteiger partial charge on any atom is -0.462 e. The third kappa shape index (κ3) is 3.71. The fourth-order valence-electron chi connectivity index (χ4n) is 2.35. The van der Waals surface area contributed by atoms with Crippen LogP contribution < -0.4 is 11.2 Å². The van der Waals surface area contributed by atoms with Gasteiger partial charge in [0, 0.05) is 18.1 Å². The number of hydrogen-bond donors (Lipinski definition) is 1. The van der Waals surface area contributed by atoms with E-state index in [1.54, 1.807) is 11.5 Å². The number of ether oxygens (including phenoxy) is 1. The van der Waals surface area contributed by atoms with Crippen LogP contribution in [0.5, 0.6) is 0 Å². The van der Waals surface area contributed by atoms with Crippen LogP contribution in [0.1, 0.15) is 30.1 Å². The lowest BCUT2D eigenvalue weighted by Gasteiger charge is -2.13. The molecule has 0 aliphatic carbocycles. The topological polar surface area (TPSA) is 74.3 Å². The maximum absolute atomic E-state index is 13.7. The van der Waals surface area contributed by atoms with Gasteiger partial charge in [0.2, 0.25) is 5.43 Å². The number of benzene rings is 1. The van der Waals surface area contributed by atoms with Crippen molar-refractivity contribution in [1.29, 1.82) is 0 Å². The molecular weight excluding hydrogens is 323 g/mol. The first-order valence-corrected chi connectivity index (χ1v) is 7.76. The first-order chi connectivity index (χ1) is 11.0. The fourth-order valence-corrected chi connectivity index (χ4v) is 2.51. The molecule has 0 saturated heterocycles. The Morgan fingerprint density at radius 2 is 2.13 bits per heavy atom. The molecule has 7 heteroatoms. The monoisotopic (exact) mass is 340 g/mol. The smallest absolute Gasteiger partial charge is 0.343 e. The van der Waals surface area contributed by atoms with E-state index in [1.165, 1.54) is 12.3 Å². The molecule has 23 heavy (non-hydrogen) atoms. The van der Waals surface area contributed by atoms with Gasteiger partial charge in [0.1, 0.15) is 11.4 Å². The summed E-state index contributed by atoms with van der Waals surface area (Å²) in [4.78, 5) is 24.4. The Bertz CT molecular complexity index is 789. The highest BCUT2D eigenvalue weighted by atomic mass is 35.5. The van der Waals surface area contributed by atoms with Crippen molar-refractivity contribution >= 4 is 28.5 Å². The van der Waals surface area contributed by atoms with Crippen LogP contribution in [0.3, 0.4) is 0 Å². The van der Waals surface area contributed by atoms with E-state index in [1.807, 2.05) is 0 Å². The van der Waals surface area contributed by atoms with Gasteiger partial charge < -0.3 is 15.0 Å². The number of fused-ring (bicyclic) bond motifs is 1. The highest BCUT2D eigenvalue weighted by molar-refractivity contribution is 6.31. The highest BCUT2D eigenvalue weighted by Gasteiger charge is 2.18. The summed E-state index contributed by atoms with van der Waals surface area (Å²) in [5.41, 5.74) is 5.28. The predicted octanol–water partition coefficient (Wildman–Crippen LogP) is 2.71. The van der Waals surface area contributed by atoms with Crippen molar-refractivity contribution in [2.24, 2.45) is 5.73 Å². The number of unbranched alkanes of at least 4 members (excludes halogenated alkanes) is 1. The van der Waals surface area contributed by atoms with Crippen LogP contribution in [0, 0.1) is 5.82 Å². The number of esters is 1. The third-order valence-corrected chi connectivity index (χ3v) is 3.76. The molecule has 1 aromatic heterocycles. The van der Waals surface area contributed by atoms with Gasteiger partial charge in [-0.05, 0) is 38.4 Å². The van der Waals surface area contributed by atoms with Gasteiger partial charge in [-0.2, -0.15) is 0 Å². The quantitative estimate of drug-likeness (QED) is 0.648. The first-order valence-electron chi connectivity index (χ1n) is 7.39. The molecule has 0 amide bonds. The standard InChI is InChI=1S/C16H18ClFN2O3/c1-2-23-16(22)11-9-20(6-4-3-5-19)14-8-12(17)13(18)7-10(14)15(11)21/h7-9H,2-6,19H2,1H3. The normalized spacial score (nSPS) is 11.0. The van der Waals surface area contributed by atoms with E-state index in [0.717, 1.165) is 18.9 Å². The number of halogens is 2. The predicted molar refractivity (Wildman–Crippen MR) is 87.4 cm³/mol. The molecular formula is C16H18ClFN2O3. The van der Waals surface area contributed by atoms with Gasteiger partial charge in [-0.15, -0.1) is 0 Å². The van der Waals surface area contributed by atoms with Gasteiger partial charge in [0.15, 0.2) is 0 Å². The van der Waals surface area contributed by atoms with Gasteiger partial charge in [0.25, 0.3) is 0 Å². The lowest BCUT2D eigenvalue weighted by molar-refractivity contribution is 0.0524. The molecule has 0 atom stereocenters. The van der Waals surface area contributed by atoms with Crippen LogP contribution in [0.25, 0.3) is 10.9 Å². The Morgan fingerprint density at radius 3 is 2.78 bits per heavy atom. The average Bonchev–Trinajstić information content (AvgIpc) is 2.52. The van der Waals surface area contributed by atoms with Gasteiger partial charge in [0.05, 0.1) is 17.1 Å². The number of pyridine rings is 1. The summed E-state index contributed by atoms with van der Waals surface area (Å²) in [6, 6.07) is 2.45. The van der Waals surface area contributed by atoms with Crippen LogP contribution >= 0.6 is 11.6 Å². The number of nitrogens with zero attached hydrogens (tertiary/aromatic N) is 1. The van der Waals surface area contributed by atoms with Gasteiger partial charge in [-0.3, -0.25) is 4.79 Å². The van der Waals surface area contributed by atoms with Crippen molar-refractivity contribution < 1.29 is 13.9 Å². The van der Waals surface area contributed by atoms with E-state index < -0.39 is 17.2 Å². The average molecular weight is 341 g/mol. The summed E-state index contributed by atoms with van der Waals surface area (Å²) < 4.78 is 20.3. The zero-order valence-electron chi connectivity index (χ0n) is 12.8. The number of carbonyl (C=O) groups is 1.